The Morgan fingerprint density at radius 3 is 2.38 bits per heavy atom. The molecule has 8 heteroatoms. The van der Waals surface area contributed by atoms with Crippen LogP contribution in [0.25, 0.3) is 0 Å². The standard InChI is InChI=1S/C13H18Cl2N2O3S/c1-4-7(2)8(3)17-13(18)11-9(14)5-6-10(12(11)15)21(16,19)20/h5-8H,4H2,1-3H3,(H,17,18)(H2,16,19,20). The SMILES string of the molecule is CCC(C)C(C)NC(=O)c1c(Cl)ccc(S(N)(=O)=O)c1Cl. The fraction of sp³-hybridized carbons (Fsp3) is 0.462. The van der Waals surface area contributed by atoms with Gasteiger partial charge in [-0.1, -0.05) is 43.5 Å². The van der Waals surface area contributed by atoms with E-state index in [0.717, 1.165) is 6.42 Å². The summed E-state index contributed by atoms with van der Waals surface area (Å²) in [6.07, 6.45) is 0.889. The average molecular weight is 353 g/mol. The molecule has 0 saturated heterocycles. The number of hydrogen-bond acceptors (Lipinski definition) is 3. The average Bonchev–Trinajstić information content (AvgIpc) is 2.35. The molecular weight excluding hydrogens is 335 g/mol. The lowest BCUT2D eigenvalue weighted by molar-refractivity contribution is 0.0928. The van der Waals surface area contributed by atoms with Crippen LogP contribution in [-0.4, -0.2) is 20.4 Å². The maximum Gasteiger partial charge on any atom is 0.254 e. The van der Waals surface area contributed by atoms with Crippen LogP contribution in [-0.2, 0) is 10.0 Å². The summed E-state index contributed by atoms with van der Waals surface area (Å²) in [6.45, 7) is 5.86. The first-order chi connectivity index (χ1) is 9.59. The van der Waals surface area contributed by atoms with E-state index in [9.17, 15) is 13.2 Å². The first-order valence-corrected chi connectivity index (χ1v) is 8.71. The van der Waals surface area contributed by atoms with Crippen LogP contribution in [0.3, 0.4) is 0 Å². The van der Waals surface area contributed by atoms with Gasteiger partial charge >= 0.3 is 0 Å². The highest BCUT2D eigenvalue weighted by Gasteiger charge is 2.24. The summed E-state index contributed by atoms with van der Waals surface area (Å²) in [5.41, 5.74) is -0.0833. The zero-order chi connectivity index (χ0) is 16.4. The molecule has 0 aliphatic rings. The fourth-order valence-corrected chi connectivity index (χ4v) is 3.21. The maximum atomic E-state index is 12.3. The Kier molecular flexibility index (Phi) is 6.04. The first kappa shape index (κ1) is 18.2. The lowest BCUT2D eigenvalue weighted by Gasteiger charge is -2.20. The van der Waals surface area contributed by atoms with E-state index in [1.54, 1.807) is 0 Å². The number of sulfonamides is 1. The van der Waals surface area contributed by atoms with Crippen molar-refractivity contribution in [3.05, 3.63) is 27.7 Å². The van der Waals surface area contributed by atoms with Gasteiger partial charge in [-0.25, -0.2) is 13.6 Å². The molecule has 2 unspecified atom stereocenters. The van der Waals surface area contributed by atoms with Crippen molar-refractivity contribution in [2.75, 3.05) is 0 Å². The highest BCUT2D eigenvalue weighted by Crippen LogP contribution is 2.30. The highest BCUT2D eigenvalue weighted by atomic mass is 35.5. The minimum absolute atomic E-state index is 0.0706. The van der Waals surface area contributed by atoms with Gasteiger partial charge in [0.2, 0.25) is 10.0 Å². The number of nitrogens with one attached hydrogen (secondary N) is 1. The van der Waals surface area contributed by atoms with E-state index >= 15 is 0 Å². The van der Waals surface area contributed by atoms with Crippen molar-refractivity contribution in [1.29, 1.82) is 0 Å². The fourth-order valence-electron chi connectivity index (χ4n) is 1.74. The normalized spacial score (nSPS) is 14.6. The maximum absolute atomic E-state index is 12.3. The van der Waals surface area contributed by atoms with E-state index in [4.69, 9.17) is 28.3 Å². The van der Waals surface area contributed by atoms with Crippen LogP contribution in [0.1, 0.15) is 37.6 Å². The Morgan fingerprint density at radius 1 is 1.33 bits per heavy atom. The monoisotopic (exact) mass is 352 g/mol. The van der Waals surface area contributed by atoms with E-state index in [1.807, 2.05) is 20.8 Å². The van der Waals surface area contributed by atoms with Crippen LogP contribution < -0.4 is 10.5 Å². The van der Waals surface area contributed by atoms with E-state index in [1.165, 1.54) is 12.1 Å². The Morgan fingerprint density at radius 2 is 1.90 bits per heavy atom. The largest absolute Gasteiger partial charge is 0.349 e. The molecular formula is C13H18Cl2N2O3S. The number of amides is 1. The number of carbonyl (C=O) groups is 1. The molecule has 0 spiro atoms. The van der Waals surface area contributed by atoms with Gasteiger partial charge in [0, 0.05) is 6.04 Å². The predicted octanol–water partition coefficient (Wildman–Crippen LogP) is 2.81. The lowest BCUT2D eigenvalue weighted by Crippen LogP contribution is -2.37. The lowest BCUT2D eigenvalue weighted by atomic mass is 10.0. The van der Waals surface area contributed by atoms with Crippen LogP contribution in [0.5, 0.6) is 0 Å². The Labute approximate surface area is 134 Å². The van der Waals surface area contributed by atoms with Gasteiger partial charge in [-0.15, -0.1) is 0 Å². The minimum atomic E-state index is -4.03. The second kappa shape index (κ2) is 6.96. The predicted molar refractivity (Wildman–Crippen MR) is 84.2 cm³/mol. The van der Waals surface area contributed by atoms with Crippen LogP contribution in [0.15, 0.2) is 17.0 Å². The molecule has 118 valence electrons. The number of benzene rings is 1. The Bertz CT molecular complexity index is 647. The Balaban J connectivity index is 3.22. The van der Waals surface area contributed by atoms with Gasteiger partial charge in [0.1, 0.15) is 4.90 Å². The zero-order valence-electron chi connectivity index (χ0n) is 12.0. The minimum Gasteiger partial charge on any atom is -0.349 e. The molecule has 0 fully saturated rings. The smallest absolute Gasteiger partial charge is 0.254 e. The molecule has 1 aromatic rings. The van der Waals surface area contributed by atoms with Gasteiger partial charge in [-0.2, -0.15) is 0 Å². The third-order valence-corrected chi connectivity index (χ3v) is 5.22. The van der Waals surface area contributed by atoms with Gasteiger partial charge in [0.25, 0.3) is 5.91 Å². The van der Waals surface area contributed by atoms with Crippen molar-refractivity contribution in [2.45, 2.75) is 38.1 Å². The van der Waals surface area contributed by atoms with Crippen LogP contribution in [0.2, 0.25) is 10.0 Å². The molecule has 2 atom stereocenters. The second-order valence-corrected chi connectivity index (χ2v) is 7.24. The Hall–Kier alpha value is -0.820. The summed E-state index contributed by atoms with van der Waals surface area (Å²) in [7, 11) is -4.03. The molecule has 3 N–H and O–H groups in total. The topological polar surface area (TPSA) is 89.3 Å². The molecule has 0 saturated carbocycles. The van der Waals surface area contributed by atoms with Gasteiger partial charge in [-0.05, 0) is 25.0 Å². The summed E-state index contributed by atoms with van der Waals surface area (Å²) in [6, 6.07) is 2.36. The third kappa shape index (κ3) is 4.32. The molecule has 1 amide bonds. The number of rotatable bonds is 5. The molecule has 0 bridgehead atoms. The van der Waals surface area contributed by atoms with Crippen molar-refractivity contribution in [3.63, 3.8) is 0 Å². The number of primary sulfonamides is 1. The zero-order valence-corrected chi connectivity index (χ0v) is 14.3. The molecule has 1 rings (SSSR count). The van der Waals surface area contributed by atoms with Crippen LogP contribution in [0.4, 0.5) is 0 Å². The van der Waals surface area contributed by atoms with Crippen molar-refractivity contribution in [2.24, 2.45) is 11.1 Å². The molecule has 0 aliphatic carbocycles. The van der Waals surface area contributed by atoms with Gasteiger partial charge in [0.05, 0.1) is 15.6 Å². The van der Waals surface area contributed by atoms with Crippen molar-refractivity contribution in [3.8, 4) is 0 Å². The quantitative estimate of drug-likeness (QED) is 0.853. The van der Waals surface area contributed by atoms with E-state index in [0.29, 0.717) is 0 Å². The molecule has 0 aliphatic heterocycles. The van der Waals surface area contributed by atoms with Gasteiger partial charge < -0.3 is 5.32 Å². The number of carbonyl (C=O) groups excluding carboxylic acids is 1. The molecule has 0 heterocycles. The van der Waals surface area contributed by atoms with Crippen molar-refractivity contribution < 1.29 is 13.2 Å². The molecule has 0 aromatic heterocycles. The van der Waals surface area contributed by atoms with Crippen LogP contribution in [0, 0.1) is 5.92 Å². The van der Waals surface area contributed by atoms with Crippen LogP contribution >= 0.6 is 23.2 Å². The van der Waals surface area contributed by atoms with E-state index in [-0.39, 0.29) is 32.5 Å². The summed E-state index contributed by atoms with van der Waals surface area (Å²) < 4.78 is 22.9. The number of nitrogens with two attached hydrogens (primary N) is 1. The molecule has 0 radical (unpaired) electrons. The van der Waals surface area contributed by atoms with Gasteiger partial charge in [0.15, 0.2) is 0 Å². The number of hydrogen-bond donors (Lipinski definition) is 2. The second-order valence-electron chi connectivity index (χ2n) is 4.93. The molecule has 5 nitrogen and oxygen atoms in total. The summed E-state index contributed by atoms with van der Waals surface area (Å²) in [5.74, 6) is -0.267. The van der Waals surface area contributed by atoms with Gasteiger partial charge in [-0.3, -0.25) is 4.79 Å². The summed E-state index contributed by atoms with van der Waals surface area (Å²) >= 11 is 11.9. The third-order valence-electron chi connectivity index (χ3n) is 3.45. The van der Waals surface area contributed by atoms with Crippen molar-refractivity contribution >= 4 is 39.1 Å². The molecule has 1 aromatic carbocycles. The highest BCUT2D eigenvalue weighted by molar-refractivity contribution is 7.89. The molecule has 21 heavy (non-hydrogen) atoms. The first-order valence-electron chi connectivity index (χ1n) is 6.41. The summed E-state index contributed by atoms with van der Waals surface area (Å²) in [4.78, 5) is 12.0. The van der Waals surface area contributed by atoms with Crippen molar-refractivity contribution in [1.82, 2.24) is 5.32 Å². The van der Waals surface area contributed by atoms with E-state index in [2.05, 4.69) is 5.32 Å². The van der Waals surface area contributed by atoms with E-state index < -0.39 is 15.9 Å². The number of halogens is 2. The summed E-state index contributed by atoms with van der Waals surface area (Å²) in [5, 5.41) is 7.63.